The molecule has 0 radical (unpaired) electrons. The van der Waals surface area contributed by atoms with E-state index in [4.69, 9.17) is 0 Å². The molecule has 0 fully saturated rings. The van der Waals surface area contributed by atoms with Crippen LogP contribution < -0.4 is 0 Å². The molecular weight excluding hydrogens is 136 g/mol. The molecule has 0 saturated carbocycles. The quantitative estimate of drug-likeness (QED) is 0.425. The van der Waals surface area contributed by atoms with Crippen LogP contribution in [0.15, 0.2) is 24.2 Å². The first-order chi connectivity index (χ1) is 4.93. The summed E-state index contributed by atoms with van der Waals surface area (Å²) in [5.41, 5.74) is 0.748. The summed E-state index contributed by atoms with van der Waals surface area (Å²) >= 11 is 0. The fourth-order valence-electron chi connectivity index (χ4n) is 0.488. The summed E-state index contributed by atoms with van der Waals surface area (Å²) in [5, 5.41) is 0. The van der Waals surface area contributed by atoms with E-state index in [0.29, 0.717) is 6.47 Å². The second kappa shape index (κ2) is 3.55. The highest BCUT2D eigenvalue weighted by Crippen LogP contribution is 2.03. The van der Waals surface area contributed by atoms with E-state index in [1.54, 1.807) is 6.08 Å². The number of ether oxygens (including phenoxy) is 1. The average molecular weight is 142 g/mol. The highest BCUT2D eigenvalue weighted by atomic mass is 17.2. The summed E-state index contributed by atoms with van der Waals surface area (Å²) in [6.45, 7) is 0.591. The largest absolute Gasteiger partial charge is 0.463 e. The van der Waals surface area contributed by atoms with Gasteiger partial charge in [-0.15, -0.1) is 0 Å². The zero-order valence-corrected chi connectivity index (χ0v) is 5.15. The summed E-state index contributed by atoms with van der Waals surface area (Å²) in [4.78, 5) is 18.5. The molecule has 0 aliphatic carbocycles. The van der Waals surface area contributed by atoms with E-state index < -0.39 is 0 Å². The van der Waals surface area contributed by atoms with Crippen molar-refractivity contribution in [1.29, 1.82) is 0 Å². The van der Waals surface area contributed by atoms with Gasteiger partial charge in [-0.2, -0.15) is 0 Å². The molecule has 4 nitrogen and oxygen atoms in total. The Bertz CT molecular complexity index is 171. The first kappa shape index (κ1) is 6.67. The van der Waals surface area contributed by atoms with Gasteiger partial charge < -0.3 is 4.74 Å². The molecule has 0 saturated heterocycles. The zero-order valence-electron chi connectivity index (χ0n) is 5.15. The van der Waals surface area contributed by atoms with Crippen LogP contribution in [0.4, 0.5) is 0 Å². The Morgan fingerprint density at radius 1 is 1.60 bits per heavy atom. The number of hydrogen-bond donors (Lipinski definition) is 0. The Kier molecular flexibility index (Phi) is 2.37. The Morgan fingerprint density at radius 3 is 3.10 bits per heavy atom. The van der Waals surface area contributed by atoms with E-state index in [1.807, 2.05) is 0 Å². The van der Waals surface area contributed by atoms with Crippen LogP contribution in [0.5, 0.6) is 0 Å². The molecule has 4 heteroatoms. The molecular formula is C6H6O4. The highest BCUT2D eigenvalue weighted by Gasteiger charge is 1.97. The minimum atomic E-state index is 0.212. The maximum absolute atomic E-state index is 9.70. The molecule has 1 rings (SSSR count). The van der Waals surface area contributed by atoms with Crippen molar-refractivity contribution in [3.63, 3.8) is 0 Å². The molecule has 0 spiro atoms. The molecule has 0 bridgehead atoms. The second-order valence-electron chi connectivity index (χ2n) is 1.60. The first-order valence-electron chi connectivity index (χ1n) is 2.66. The summed E-state index contributed by atoms with van der Waals surface area (Å²) < 4.78 is 4.44. The molecule has 54 valence electrons. The zero-order chi connectivity index (χ0) is 7.23. The van der Waals surface area contributed by atoms with Gasteiger partial charge in [-0.3, -0.25) is 14.6 Å². The molecule has 1 aliphatic heterocycles. The first-order valence-corrected chi connectivity index (χ1v) is 2.66. The van der Waals surface area contributed by atoms with Gasteiger partial charge in [0.2, 0.25) is 0 Å². The fourth-order valence-corrected chi connectivity index (χ4v) is 0.488. The van der Waals surface area contributed by atoms with Crippen molar-refractivity contribution in [2.45, 2.75) is 0 Å². The third kappa shape index (κ3) is 1.81. The lowest BCUT2D eigenvalue weighted by Crippen LogP contribution is -1.98. The van der Waals surface area contributed by atoms with Crippen LogP contribution in [0.25, 0.3) is 0 Å². The summed E-state index contributed by atoms with van der Waals surface area (Å²) in [5.74, 6) is 0. The van der Waals surface area contributed by atoms with Crippen LogP contribution in [0.1, 0.15) is 0 Å². The van der Waals surface area contributed by atoms with E-state index in [0.717, 1.165) is 5.57 Å². The molecule has 0 aromatic rings. The van der Waals surface area contributed by atoms with Gasteiger partial charge in [-0.1, -0.05) is 0 Å². The number of carbonyl (C=O) groups excluding carboxylic acids is 1. The number of carbonyl (C=O) groups is 1. The van der Waals surface area contributed by atoms with Gasteiger partial charge in [0, 0.05) is 5.57 Å². The molecule has 1 aliphatic rings. The van der Waals surface area contributed by atoms with Gasteiger partial charge in [-0.25, -0.2) is 0 Å². The molecule has 0 unspecified atom stereocenters. The Morgan fingerprint density at radius 2 is 2.50 bits per heavy atom. The second-order valence-corrected chi connectivity index (χ2v) is 1.60. The normalized spacial score (nSPS) is 14.6. The van der Waals surface area contributed by atoms with Crippen molar-refractivity contribution < 1.29 is 19.3 Å². The van der Waals surface area contributed by atoms with E-state index in [2.05, 4.69) is 14.5 Å². The van der Waals surface area contributed by atoms with Crippen molar-refractivity contribution in [1.82, 2.24) is 0 Å². The maximum Gasteiger partial charge on any atom is 0.293 e. The van der Waals surface area contributed by atoms with Gasteiger partial charge in [0.15, 0.2) is 0 Å². The number of hydrogen-bond acceptors (Lipinski definition) is 4. The molecule has 0 aromatic heterocycles. The lowest BCUT2D eigenvalue weighted by Gasteiger charge is -2.04. The SMILES string of the molecule is O=COCC1=COOC=C1. The van der Waals surface area contributed by atoms with Crippen LogP contribution in [0.2, 0.25) is 0 Å². The van der Waals surface area contributed by atoms with Crippen LogP contribution in [-0.4, -0.2) is 13.1 Å². The van der Waals surface area contributed by atoms with Gasteiger partial charge in [-0.05, 0) is 6.08 Å². The van der Waals surface area contributed by atoms with E-state index >= 15 is 0 Å². The highest BCUT2D eigenvalue weighted by molar-refractivity contribution is 5.38. The van der Waals surface area contributed by atoms with Crippen molar-refractivity contribution in [3.05, 3.63) is 24.2 Å². The standard InChI is InChI=1S/C6H6O4/c7-5-8-3-6-1-2-9-10-4-6/h1-2,4-5H,3H2. The minimum absolute atomic E-state index is 0.212. The third-order valence-electron chi connectivity index (χ3n) is 0.911. The smallest absolute Gasteiger partial charge is 0.293 e. The predicted octanol–water partition coefficient (Wildman–Crippen LogP) is 0.519. The van der Waals surface area contributed by atoms with Crippen LogP contribution in [-0.2, 0) is 19.3 Å². The molecule has 0 aromatic carbocycles. The molecule has 1 heterocycles. The molecule has 0 amide bonds. The average Bonchev–Trinajstić information content (AvgIpc) is 2.03. The summed E-state index contributed by atoms with van der Waals surface area (Å²) in [6.07, 6.45) is 4.37. The van der Waals surface area contributed by atoms with Gasteiger partial charge in [0.25, 0.3) is 6.47 Å². The topological polar surface area (TPSA) is 44.8 Å². The van der Waals surface area contributed by atoms with Crippen LogP contribution >= 0.6 is 0 Å². The predicted molar refractivity (Wildman–Crippen MR) is 31.4 cm³/mol. The summed E-state index contributed by atoms with van der Waals surface area (Å²) in [7, 11) is 0. The maximum atomic E-state index is 9.70. The van der Waals surface area contributed by atoms with Crippen LogP contribution in [0.3, 0.4) is 0 Å². The van der Waals surface area contributed by atoms with Crippen molar-refractivity contribution in [3.8, 4) is 0 Å². The van der Waals surface area contributed by atoms with Gasteiger partial charge in [0.1, 0.15) is 19.1 Å². The van der Waals surface area contributed by atoms with E-state index in [1.165, 1.54) is 12.5 Å². The minimum Gasteiger partial charge on any atom is -0.463 e. The number of rotatable bonds is 3. The monoisotopic (exact) mass is 142 g/mol. The molecule has 0 N–H and O–H groups in total. The van der Waals surface area contributed by atoms with Crippen LogP contribution in [0, 0.1) is 0 Å². The van der Waals surface area contributed by atoms with Crippen molar-refractivity contribution in [2.24, 2.45) is 0 Å². The summed E-state index contributed by atoms with van der Waals surface area (Å²) in [6, 6.07) is 0. The molecule has 0 atom stereocenters. The third-order valence-corrected chi connectivity index (χ3v) is 0.911. The fraction of sp³-hybridized carbons (Fsp3) is 0.167. The lowest BCUT2D eigenvalue weighted by atomic mass is 10.3. The van der Waals surface area contributed by atoms with Crippen molar-refractivity contribution in [2.75, 3.05) is 6.61 Å². The van der Waals surface area contributed by atoms with E-state index in [-0.39, 0.29) is 6.61 Å². The Balaban J connectivity index is 2.32. The van der Waals surface area contributed by atoms with Gasteiger partial charge >= 0.3 is 0 Å². The Hall–Kier alpha value is -1.45. The van der Waals surface area contributed by atoms with Crippen molar-refractivity contribution >= 4 is 6.47 Å². The van der Waals surface area contributed by atoms with Gasteiger partial charge in [0.05, 0.1) is 0 Å². The molecule has 10 heavy (non-hydrogen) atoms. The van der Waals surface area contributed by atoms with E-state index in [9.17, 15) is 4.79 Å². The lowest BCUT2D eigenvalue weighted by molar-refractivity contribution is -0.200. The Labute approximate surface area is 57.6 Å².